The molecule has 31 heavy (non-hydrogen) atoms. The summed E-state index contributed by atoms with van der Waals surface area (Å²) in [5.74, 6) is -0.517. The van der Waals surface area contributed by atoms with Gasteiger partial charge in [-0.1, -0.05) is 30.3 Å². The molecule has 0 fully saturated rings. The number of carbonyl (C=O) groups is 2. The average molecular weight is 435 g/mol. The van der Waals surface area contributed by atoms with Crippen LogP contribution in [0.3, 0.4) is 0 Å². The third-order valence-electron chi connectivity index (χ3n) is 4.26. The van der Waals surface area contributed by atoms with Crippen molar-refractivity contribution < 1.29 is 14.3 Å². The fraction of sp³-hybridized carbons (Fsp3) is 0.240. The number of fused-ring (bicyclic) bond motifs is 1. The Hall–Kier alpha value is -3.25. The third kappa shape index (κ3) is 7.19. The van der Waals surface area contributed by atoms with E-state index < -0.39 is 11.6 Å². The van der Waals surface area contributed by atoms with E-state index in [4.69, 9.17) is 4.74 Å². The number of nitrogens with zero attached hydrogens (tertiary/aromatic N) is 1. The van der Waals surface area contributed by atoms with Crippen molar-refractivity contribution in [2.75, 3.05) is 5.32 Å². The van der Waals surface area contributed by atoms with Crippen molar-refractivity contribution in [3.63, 3.8) is 0 Å². The Morgan fingerprint density at radius 1 is 1.06 bits per heavy atom. The number of thiophene rings is 1. The Morgan fingerprint density at radius 3 is 2.61 bits per heavy atom. The number of hydrogen-bond acceptors (Lipinski definition) is 5. The second kappa shape index (κ2) is 10.2. The van der Waals surface area contributed by atoms with Gasteiger partial charge in [-0.3, -0.25) is 9.78 Å². The number of carbonyl (C=O) groups excluding carboxylic acids is 2. The van der Waals surface area contributed by atoms with E-state index in [0.29, 0.717) is 12.1 Å². The first-order chi connectivity index (χ1) is 14.8. The normalized spacial score (nSPS) is 12.3. The van der Waals surface area contributed by atoms with Crippen LogP contribution >= 0.6 is 11.3 Å². The molecule has 3 rings (SSSR count). The van der Waals surface area contributed by atoms with Gasteiger partial charge in [-0.2, -0.15) is 0 Å². The van der Waals surface area contributed by atoms with Crippen LogP contribution in [0.15, 0.2) is 71.8 Å². The monoisotopic (exact) mass is 434 g/mol. The molecule has 0 aliphatic heterocycles. The van der Waals surface area contributed by atoms with E-state index in [2.05, 4.69) is 10.3 Å². The molecule has 1 N–H and O–H groups in total. The molecule has 0 atom stereocenters. The predicted octanol–water partition coefficient (Wildman–Crippen LogP) is 6.00. The highest BCUT2D eigenvalue weighted by Gasteiger charge is 2.14. The zero-order chi connectivity index (χ0) is 22.3. The van der Waals surface area contributed by atoms with Crippen molar-refractivity contribution >= 4 is 45.9 Å². The summed E-state index contributed by atoms with van der Waals surface area (Å²) in [6.07, 6.45) is 7.59. The van der Waals surface area contributed by atoms with E-state index in [0.717, 1.165) is 21.4 Å². The van der Waals surface area contributed by atoms with Gasteiger partial charge in [-0.25, -0.2) is 4.79 Å². The van der Waals surface area contributed by atoms with Crippen LogP contribution in [0, 0.1) is 0 Å². The second-order valence-electron chi connectivity index (χ2n) is 8.03. The predicted molar refractivity (Wildman–Crippen MR) is 127 cm³/mol. The molecule has 0 bridgehead atoms. The van der Waals surface area contributed by atoms with Crippen molar-refractivity contribution in [3.8, 4) is 0 Å². The fourth-order valence-electron chi connectivity index (χ4n) is 2.95. The molecule has 1 amide bonds. The molecule has 3 aromatic rings. The van der Waals surface area contributed by atoms with Crippen LogP contribution in [-0.4, -0.2) is 22.5 Å². The molecule has 0 saturated heterocycles. The van der Waals surface area contributed by atoms with Gasteiger partial charge in [-0.05, 0) is 62.4 Å². The Balaban J connectivity index is 1.68. The zero-order valence-corrected chi connectivity index (χ0v) is 18.7. The minimum atomic E-state index is -0.550. The summed E-state index contributed by atoms with van der Waals surface area (Å²) >= 11 is 1.60. The van der Waals surface area contributed by atoms with Gasteiger partial charge >= 0.3 is 5.97 Å². The molecule has 1 aromatic carbocycles. The Kier molecular flexibility index (Phi) is 7.36. The van der Waals surface area contributed by atoms with Crippen molar-refractivity contribution in [2.24, 2.45) is 0 Å². The lowest BCUT2D eigenvalue weighted by molar-refractivity contribution is -0.148. The van der Waals surface area contributed by atoms with Crippen LogP contribution < -0.4 is 5.32 Å². The van der Waals surface area contributed by atoms with Gasteiger partial charge in [0.2, 0.25) is 5.91 Å². The van der Waals surface area contributed by atoms with Gasteiger partial charge in [0.15, 0.2) is 0 Å². The maximum atomic E-state index is 12.6. The number of rotatable bonds is 7. The number of aromatic nitrogens is 1. The van der Waals surface area contributed by atoms with Crippen LogP contribution in [0.1, 0.15) is 38.5 Å². The molecule has 6 heteroatoms. The highest BCUT2D eigenvalue weighted by molar-refractivity contribution is 7.10. The van der Waals surface area contributed by atoms with Gasteiger partial charge in [0.05, 0.1) is 11.2 Å². The van der Waals surface area contributed by atoms with E-state index >= 15 is 0 Å². The number of esters is 1. The number of anilines is 1. The summed E-state index contributed by atoms with van der Waals surface area (Å²) in [6, 6.07) is 13.5. The molecule has 0 unspecified atom stereocenters. The first-order valence-corrected chi connectivity index (χ1v) is 11.0. The second-order valence-corrected chi connectivity index (χ2v) is 9.01. The number of ether oxygens (including phenoxy) is 1. The highest BCUT2D eigenvalue weighted by atomic mass is 32.1. The quantitative estimate of drug-likeness (QED) is 0.281. The molecule has 0 aliphatic rings. The maximum Gasteiger partial charge on any atom is 0.331 e. The summed E-state index contributed by atoms with van der Waals surface area (Å²) in [4.78, 5) is 30.1. The standard InChI is InChI=1S/C25H26N2O3S/c1-25(2,3)30-23(29)14-12-18(17-20-9-6-16-31-20)11-13-22(28)27-21-10-4-7-19-8-5-15-26-24(19)21/h4-10,12,14-17H,11,13H2,1-3H3,(H,27,28)/b14-12+,18-17+. The molecular weight excluding hydrogens is 408 g/mol. The smallest absolute Gasteiger partial charge is 0.331 e. The third-order valence-corrected chi connectivity index (χ3v) is 5.08. The van der Waals surface area contributed by atoms with Gasteiger partial charge in [0.1, 0.15) is 5.60 Å². The molecule has 0 spiro atoms. The Bertz CT molecular complexity index is 1100. The van der Waals surface area contributed by atoms with E-state index in [-0.39, 0.29) is 12.3 Å². The fourth-order valence-corrected chi connectivity index (χ4v) is 3.64. The Morgan fingerprint density at radius 2 is 1.87 bits per heavy atom. The molecule has 0 saturated carbocycles. The number of benzene rings is 1. The molecular formula is C25H26N2O3S. The number of hydrogen-bond donors (Lipinski definition) is 1. The molecule has 5 nitrogen and oxygen atoms in total. The molecule has 0 radical (unpaired) electrons. The number of para-hydroxylation sites is 1. The number of allylic oxidation sites excluding steroid dienone is 2. The lowest BCUT2D eigenvalue weighted by Crippen LogP contribution is -2.22. The van der Waals surface area contributed by atoms with E-state index in [1.807, 2.05) is 74.7 Å². The maximum absolute atomic E-state index is 12.6. The lowest BCUT2D eigenvalue weighted by Gasteiger charge is -2.18. The van der Waals surface area contributed by atoms with Crippen LogP contribution in [0.2, 0.25) is 0 Å². The summed E-state index contributed by atoms with van der Waals surface area (Å²) in [7, 11) is 0. The summed E-state index contributed by atoms with van der Waals surface area (Å²) in [6.45, 7) is 5.48. The summed E-state index contributed by atoms with van der Waals surface area (Å²) < 4.78 is 5.33. The average Bonchev–Trinajstić information content (AvgIpc) is 3.22. The minimum absolute atomic E-state index is 0.110. The number of amides is 1. The Labute approximate surface area is 186 Å². The van der Waals surface area contributed by atoms with Crippen molar-refractivity contribution in [1.82, 2.24) is 4.98 Å². The zero-order valence-electron chi connectivity index (χ0n) is 17.9. The topological polar surface area (TPSA) is 68.3 Å². The first-order valence-electron chi connectivity index (χ1n) is 10.1. The molecule has 2 heterocycles. The summed E-state index contributed by atoms with van der Waals surface area (Å²) in [5.41, 5.74) is 1.78. The molecule has 160 valence electrons. The van der Waals surface area contributed by atoms with Gasteiger partial charge in [-0.15, -0.1) is 11.3 Å². The van der Waals surface area contributed by atoms with E-state index in [9.17, 15) is 9.59 Å². The van der Waals surface area contributed by atoms with Crippen LogP contribution in [0.5, 0.6) is 0 Å². The summed E-state index contributed by atoms with van der Waals surface area (Å²) in [5, 5.41) is 5.91. The largest absolute Gasteiger partial charge is 0.457 e. The van der Waals surface area contributed by atoms with Gasteiger partial charge in [0, 0.05) is 29.0 Å². The number of nitrogens with one attached hydrogen (secondary N) is 1. The molecule has 0 aliphatic carbocycles. The van der Waals surface area contributed by atoms with Crippen LogP contribution in [-0.2, 0) is 14.3 Å². The van der Waals surface area contributed by atoms with Gasteiger partial charge < -0.3 is 10.1 Å². The van der Waals surface area contributed by atoms with E-state index in [1.54, 1.807) is 23.6 Å². The van der Waals surface area contributed by atoms with Crippen molar-refractivity contribution in [2.45, 2.75) is 39.2 Å². The number of pyridine rings is 1. The van der Waals surface area contributed by atoms with Crippen LogP contribution in [0.25, 0.3) is 17.0 Å². The highest BCUT2D eigenvalue weighted by Crippen LogP contribution is 2.22. The van der Waals surface area contributed by atoms with E-state index in [1.165, 1.54) is 6.08 Å². The first kappa shape index (κ1) is 22.4. The lowest BCUT2D eigenvalue weighted by atomic mass is 10.1. The van der Waals surface area contributed by atoms with Gasteiger partial charge in [0.25, 0.3) is 0 Å². The van der Waals surface area contributed by atoms with Crippen molar-refractivity contribution in [1.29, 1.82) is 0 Å². The minimum Gasteiger partial charge on any atom is -0.457 e. The molecule has 2 aromatic heterocycles. The van der Waals surface area contributed by atoms with Crippen LogP contribution in [0.4, 0.5) is 5.69 Å². The SMILES string of the molecule is CC(C)(C)OC(=O)/C=C/C(=C/c1cccs1)CCC(=O)Nc1cccc2cccnc12. The van der Waals surface area contributed by atoms with Crippen molar-refractivity contribution in [3.05, 3.63) is 76.6 Å².